The second kappa shape index (κ2) is 8.33. The number of hydrogen-bond donors (Lipinski definition) is 2. The van der Waals surface area contributed by atoms with Gasteiger partial charge in [-0.05, 0) is 45.9 Å². The SMILES string of the molecule is CC(Nc1ncc(Br)c(-c2cc3ccccc3s2)n1)N1C(=O)NC(=O)C1c1ccccc1. The molecule has 1 aliphatic rings. The predicted octanol–water partition coefficient (Wildman–Crippen LogP) is 5.17. The highest BCUT2D eigenvalue weighted by Crippen LogP contribution is 2.36. The molecule has 2 N–H and O–H groups in total. The maximum Gasteiger partial charge on any atom is 0.326 e. The molecule has 160 valence electrons. The average molecular weight is 508 g/mol. The molecule has 0 spiro atoms. The van der Waals surface area contributed by atoms with E-state index in [4.69, 9.17) is 0 Å². The highest BCUT2D eigenvalue weighted by atomic mass is 79.9. The van der Waals surface area contributed by atoms with Crippen molar-refractivity contribution in [1.29, 1.82) is 0 Å². The van der Waals surface area contributed by atoms with E-state index in [0.717, 1.165) is 26.0 Å². The molecule has 1 saturated heterocycles. The molecular weight excluding hydrogens is 490 g/mol. The zero-order valence-corrected chi connectivity index (χ0v) is 19.4. The third kappa shape index (κ3) is 3.74. The molecule has 32 heavy (non-hydrogen) atoms. The molecule has 7 nitrogen and oxygen atoms in total. The van der Waals surface area contributed by atoms with Gasteiger partial charge in [-0.25, -0.2) is 14.8 Å². The summed E-state index contributed by atoms with van der Waals surface area (Å²) in [6.45, 7) is 1.80. The summed E-state index contributed by atoms with van der Waals surface area (Å²) in [7, 11) is 0. The van der Waals surface area contributed by atoms with Gasteiger partial charge < -0.3 is 5.32 Å². The quantitative estimate of drug-likeness (QED) is 0.363. The number of halogens is 1. The lowest BCUT2D eigenvalue weighted by Crippen LogP contribution is -2.42. The van der Waals surface area contributed by atoms with E-state index >= 15 is 0 Å². The van der Waals surface area contributed by atoms with E-state index < -0.39 is 18.2 Å². The number of nitrogens with zero attached hydrogens (tertiary/aromatic N) is 3. The Morgan fingerprint density at radius 1 is 1.12 bits per heavy atom. The van der Waals surface area contributed by atoms with Crippen LogP contribution in [0.1, 0.15) is 18.5 Å². The molecule has 2 aromatic heterocycles. The summed E-state index contributed by atoms with van der Waals surface area (Å²) in [6.07, 6.45) is 1.16. The Bertz CT molecular complexity index is 1290. The minimum atomic E-state index is -0.719. The minimum absolute atomic E-state index is 0.350. The molecule has 0 bridgehead atoms. The number of fused-ring (bicyclic) bond motifs is 1. The number of urea groups is 1. The van der Waals surface area contributed by atoms with Crippen LogP contribution in [0, 0.1) is 0 Å². The first kappa shape index (κ1) is 20.6. The van der Waals surface area contributed by atoms with Crippen LogP contribution in [0.2, 0.25) is 0 Å². The van der Waals surface area contributed by atoms with Gasteiger partial charge >= 0.3 is 6.03 Å². The number of benzene rings is 2. The average Bonchev–Trinajstić information content (AvgIpc) is 3.35. The third-order valence-corrected chi connectivity index (χ3v) is 6.97. The maximum atomic E-state index is 12.5. The Balaban J connectivity index is 1.44. The van der Waals surface area contributed by atoms with Crippen molar-refractivity contribution in [2.24, 2.45) is 0 Å². The van der Waals surface area contributed by atoms with Crippen LogP contribution in [0.15, 0.2) is 71.3 Å². The Morgan fingerprint density at radius 3 is 2.66 bits per heavy atom. The number of hydrogen-bond acceptors (Lipinski definition) is 6. The number of aromatic nitrogens is 2. The molecule has 2 atom stereocenters. The lowest BCUT2D eigenvalue weighted by atomic mass is 10.1. The topological polar surface area (TPSA) is 87.2 Å². The first-order chi connectivity index (χ1) is 15.5. The van der Waals surface area contributed by atoms with Gasteiger partial charge in [-0.1, -0.05) is 48.5 Å². The lowest BCUT2D eigenvalue weighted by molar-refractivity contribution is -0.121. The standard InChI is InChI=1S/C23H18BrN5O2S/c1-13(29-20(21(30)28-23(29)31)14-7-3-2-4-8-14)26-22-25-12-16(24)19(27-22)18-11-15-9-5-6-10-17(15)32-18/h2-13,20H,1H3,(H,25,26,27)(H,28,30,31). The molecule has 9 heteroatoms. The number of nitrogens with one attached hydrogen (secondary N) is 2. The van der Waals surface area contributed by atoms with E-state index in [1.807, 2.05) is 42.5 Å². The van der Waals surface area contributed by atoms with Crippen LogP contribution in [-0.2, 0) is 4.79 Å². The zero-order valence-electron chi connectivity index (χ0n) is 16.9. The number of anilines is 1. The summed E-state index contributed by atoms with van der Waals surface area (Å²) in [5, 5.41) is 6.74. The Hall–Kier alpha value is -3.30. The van der Waals surface area contributed by atoms with Crippen molar-refractivity contribution < 1.29 is 9.59 Å². The number of carbonyl (C=O) groups is 2. The first-order valence-electron chi connectivity index (χ1n) is 9.97. The van der Waals surface area contributed by atoms with Gasteiger partial charge in [-0.15, -0.1) is 11.3 Å². The highest BCUT2D eigenvalue weighted by molar-refractivity contribution is 9.10. The van der Waals surface area contributed by atoms with Gasteiger partial charge in [-0.2, -0.15) is 0 Å². The summed E-state index contributed by atoms with van der Waals surface area (Å²) < 4.78 is 1.95. The highest BCUT2D eigenvalue weighted by Gasteiger charge is 2.42. The van der Waals surface area contributed by atoms with Gasteiger partial charge in [0.2, 0.25) is 5.95 Å². The molecular formula is C23H18BrN5O2S. The summed E-state index contributed by atoms with van der Waals surface area (Å²) >= 11 is 5.20. The number of thiophene rings is 1. The Kier molecular flexibility index (Phi) is 5.36. The number of carbonyl (C=O) groups excluding carboxylic acids is 2. The van der Waals surface area contributed by atoms with E-state index in [9.17, 15) is 9.59 Å². The van der Waals surface area contributed by atoms with Crippen LogP contribution >= 0.6 is 27.3 Å². The van der Waals surface area contributed by atoms with E-state index in [-0.39, 0.29) is 5.91 Å². The lowest BCUT2D eigenvalue weighted by Gasteiger charge is -2.29. The third-order valence-electron chi connectivity index (χ3n) is 5.26. The molecule has 1 aliphatic heterocycles. The fourth-order valence-corrected chi connectivity index (χ4v) is 5.40. The van der Waals surface area contributed by atoms with Crippen molar-refractivity contribution in [1.82, 2.24) is 20.2 Å². The van der Waals surface area contributed by atoms with E-state index in [2.05, 4.69) is 54.7 Å². The van der Waals surface area contributed by atoms with E-state index in [1.165, 1.54) is 9.60 Å². The minimum Gasteiger partial charge on any atom is -0.334 e. The zero-order chi connectivity index (χ0) is 22.2. The molecule has 0 saturated carbocycles. The van der Waals surface area contributed by atoms with E-state index in [0.29, 0.717) is 5.95 Å². The van der Waals surface area contributed by atoms with Gasteiger partial charge in [0.05, 0.1) is 9.35 Å². The summed E-state index contributed by atoms with van der Waals surface area (Å²) in [5.41, 5.74) is 1.50. The van der Waals surface area contributed by atoms with Crippen LogP contribution < -0.4 is 10.6 Å². The molecule has 0 aliphatic carbocycles. The van der Waals surface area contributed by atoms with Crippen molar-refractivity contribution >= 4 is 55.2 Å². The molecule has 4 aromatic rings. The van der Waals surface area contributed by atoms with Crippen LogP contribution in [-0.4, -0.2) is 33.0 Å². The van der Waals surface area contributed by atoms with Gasteiger partial charge in [0, 0.05) is 10.9 Å². The van der Waals surface area contributed by atoms with Crippen molar-refractivity contribution in [3.8, 4) is 10.6 Å². The van der Waals surface area contributed by atoms with Gasteiger partial charge in [-0.3, -0.25) is 15.0 Å². The monoisotopic (exact) mass is 507 g/mol. The van der Waals surface area contributed by atoms with Crippen LogP contribution in [0.25, 0.3) is 20.7 Å². The Labute approximate surface area is 196 Å². The first-order valence-corrected chi connectivity index (χ1v) is 11.6. The number of imide groups is 1. The maximum absolute atomic E-state index is 12.5. The van der Waals surface area contributed by atoms with Crippen molar-refractivity contribution in [2.45, 2.75) is 19.1 Å². The van der Waals surface area contributed by atoms with Crippen molar-refractivity contribution in [3.05, 3.63) is 76.9 Å². The van der Waals surface area contributed by atoms with Gasteiger partial charge in [0.15, 0.2) is 0 Å². The van der Waals surface area contributed by atoms with Crippen LogP contribution in [0.4, 0.5) is 10.7 Å². The molecule has 2 unspecified atom stereocenters. The second-order valence-corrected chi connectivity index (χ2v) is 9.31. The summed E-state index contributed by atoms with van der Waals surface area (Å²) in [4.78, 5) is 36.6. The van der Waals surface area contributed by atoms with E-state index in [1.54, 1.807) is 24.5 Å². The largest absolute Gasteiger partial charge is 0.334 e. The Morgan fingerprint density at radius 2 is 1.88 bits per heavy atom. The smallest absolute Gasteiger partial charge is 0.326 e. The number of amides is 3. The fraction of sp³-hybridized carbons (Fsp3) is 0.130. The number of rotatable bonds is 5. The van der Waals surface area contributed by atoms with Gasteiger partial charge in [0.25, 0.3) is 5.91 Å². The molecule has 3 heterocycles. The van der Waals surface area contributed by atoms with Crippen LogP contribution in [0.5, 0.6) is 0 Å². The summed E-state index contributed by atoms with van der Waals surface area (Å²) in [6, 6.07) is 18.3. The van der Waals surface area contributed by atoms with Crippen molar-refractivity contribution in [2.75, 3.05) is 5.32 Å². The summed E-state index contributed by atoms with van der Waals surface area (Å²) in [5.74, 6) is 0.0182. The predicted molar refractivity (Wildman–Crippen MR) is 128 cm³/mol. The van der Waals surface area contributed by atoms with Gasteiger partial charge in [0.1, 0.15) is 17.9 Å². The molecule has 5 rings (SSSR count). The molecule has 1 fully saturated rings. The normalized spacial score (nSPS) is 16.9. The second-order valence-electron chi connectivity index (χ2n) is 7.37. The molecule has 2 aromatic carbocycles. The fourth-order valence-electron chi connectivity index (χ4n) is 3.79. The molecule has 3 amide bonds. The molecule has 0 radical (unpaired) electrons. The van der Waals surface area contributed by atoms with Crippen LogP contribution in [0.3, 0.4) is 0 Å². The van der Waals surface area contributed by atoms with Crippen molar-refractivity contribution in [3.63, 3.8) is 0 Å².